The van der Waals surface area contributed by atoms with Crippen molar-refractivity contribution in [1.82, 2.24) is 5.32 Å². The molecule has 0 bridgehead atoms. The van der Waals surface area contributed by atoms with E-state index in [1.54, 1.807) is 24.3 Å². The van der Waals surface area contributed by atoms with Gasteiger partial charge >= 0.3 is 0 Å². The monoisotopic (exact) mass is 496 g/mol. The standard InChI is InChI=1S/C27H29FN2O4S/c1-27(2,3)24(35(33)34)19-11-15-22(16-12-19)29-26(32)23(17-18-7-5-4-6-8-18)30-25(31)20-9-13-21(28)14-10-20/h4-16,23-24H,17H2,1-3H3,(H,29,32)(H,30,31)(H,33,34)/t23-,24+/m0/s1. The quantitative estimate of drug-likeness (QED) is 0.378. The zero-order valence-corrected chi connectivity index (χ0v) is 20.6. The molecule has 0 spiro atoms. The second kappa shape index (κ2) is 11.4. The van der Waals surface area contributed by atoms with Gasteiger partial charge in [-0.3, -0.25) is 9.59 Å². The van der Waals surface area contributed by atoms with Crippen molar-refractivity contribution in [2.75, 3.05) is 5.32 Å². The SMILES string of the molecule is CC(C)(C)[C@@H](c1ccc(NC(=O)[C@H](Cc2ccccc2)NC(=O)c2ccc(F)cc2)cc1)S(=O)O. The van der Waals surface area contributed by atoms with Crippen LogP contribution in [0.5, 0.6) is 0 Å². The van der Waals surface area contributed by atoms with Crippen LogP contribution in [-0.2, 0) is 22.3 Å². The Hall–Kier alpha value is -3.36. The minimum atomic E-state index is -2.06. The van der Waals surface area contributed by atoms with Gasteiger partial charge in [0.1, 0.15) is 11.9 Å². The topological polar surface area (TPSA) is 95.5 Å². The van der Waals surface area contributed by atoms with Crippen LogP contribution in [0.25, 0.3) is 0 Å². The fraction of sp³-hybridized carbons (Fsp3) is 0.259. The van der Waals surface area contributed by atoms with Crippen molar-refractivity contribution in [3.63, 3.8) is 0 Å². The van der Waals surface area contributed by atoms with Crippen LogP contribution < -0.4 is 10.6 Å². The molecule has 2 amide bonds. The van der Waals surface area contributed by atoms with Crippen molar-refractivity contribution in [3.8, 4) is 0 Å². The molecule has 0 aliphatic rings. The Morgan fingerprint density at radius 3 is 2.09 bits per heavy atom. The third-order valence-electron chi connectivity index (χ3n) is 5.48. The summed E-state index contributed by atoms with van der Waals surface area (Å²) in [7, 11) is 0. The third-order valence-corrected chi connectivity index (χ3v) is 6.86. The van der Waals surface area contributed by atoms with Crippen LogP contribution in [0.4, 0.5) is 10.1 Å². The van der Waals surface area contributed by atoms with Crippen LogP contribution in [0.1, 0.15) is 47.5 Å². The predicted molar refractivity (Wildman–Crippen MR) is 136 cm³/mol. The summed E-state index contributed by atoms with van der Waals surface area (Å²) in [6.45, 7) is 5.67. The van der Waals surface area contributed by atoms with Gasteiger partial charge in [0.15, 0.2) is 11.1 Å². The van der Waals surface area contributed by atoms with Crippen molar-refractivity contribution in [3.05, 3.63) is 101 Å². The average Bonchev–Trinajstić information content (AvgIpc) is 2.80. The number of carbonyl (C=O) groups excluding carboxylic acids is 2. The third kappa shape index (κ3) is 7.31. The van der Waals surface area contributed by atoms with Gasteiger partial charge in [0.25, 0.3) is 5.91 Å². The van der Waals surface area contributed by atoms with Gasteiger partial charge in [0, 0.05) is 17.7 Å². The highest BCUT2D eigenvalue weighted by atomic mass is 32.2. The summed E-state index contributed by atoms with van der Waals surface area (Å²) in [5.74, 6) is -1.37. The van der Waals surface area contributed by atoms with Crippen LogP contribution in [0.2, 0.25) is 0 Å². The van der Waals surface area contributed by atoms with E-state index in [0.29, 0.717) is 11.3 Å². The molecule has 184 valence electrons. The van der Waals surface area contributed by atoms with E-state index >= 15 is 0 Å². The van der Waals surface area contributed by atoms with E-state index in [1.807, 2.05) is 51.1 Å². The number of halogens is 1. The molecule has 3 N–H and O–H groups in total. The molecule has 6 nitrogen and oxygen atoms in total. The van der Waals surface area contributed by atoms with Gasteiger partial charge < -0.3 is 15.2 Å². The number of amides is 2. The van der Waals surface area contributed by atoms with Gasteiger partial charge in [0.05, 0.1) is 5.25 Å². The van der Waals surface area contributed by atoms with Crippen molar-refractivity contribution in [1.29, 1.82) is 0 Å². The van der Waals surface area contributed by atoms with E-state index in [4.69, 9.17) is 0 Å². The Morgan fingerprint density at radius 2 is 1.54 bits per heavy atom. The highest BCUT2D eigenvalue weighted by Gasteiger charge is 2.31. The van der Waals surface area contributed by atoms with Gasteiger partial charge in [-0.05, 0) is 52.9 Å². The van der Waals surface area contributed by atoms with Gasteiger partial charge in [-0.2, -0.15) is 0 Å². The van der Waals surface area contributed by atoms with E-state index in [-0.39, 0.29) is 12.0 Å². The molecule has 8 heteroatoms. The van der Waals surface area contributed by atoms with Crippen LogP contribution in [-0.4, -0.2) is 26.6 Å². The molecular formula is C27H29FN2O4S. The Bertz CT molecular complexity index is 1180. The first-order valence-corrected chi connectivity index (χ1v) is 12.3. The first-order valence-electron chi connectivity index (χ1n) is 11.2. The normalized spacial score (nSPS) is 14.0. The molecule has 0 saturated heterocycles. The summed E-state index contributed by atoms with van der Waals surface area (Å²) in [5.41, 5.74) is 1.84. The molecule has 1 unspecified atom stereocenters. The molecular weight excluding hydrogens is 467 g/mol. The maximum absolute atomic E-state index is 13.2. The molecule has 0 aromatic heterocycles. The van der Waals surface area contributed by atoms with Crippen molar-refractivity contribution >= 4 is 28.6 Å². The second-order valence-electron chi connectivity index (χ2n) is 9.36. The van der Waals surface area contributed by atoms with Crippen molar-refractivity contribution in [2.45, 2.75) is 38.5 Å². The van der Waals surface area contributed by atoms with Crippen molar-refractivity contribution < 1.29 is 22.7 Å². The summed E-state index contributed by atoms with van der Waals surface area (Å²) in [6.07, 6.45) is 0.257. The highest BCUT2D eigenvalue weighted by molar-refractivity contribution is 7.79. The molecule has 3 atom stereocenters. The smallest absolute Gasteiger partial charge is 0.251 e. The average molecular weight is 497 g/mol. The Balaban J connectivity index is 1.78. The molecule has 3 aromatic carbocycles. The molecule has 3 rings (SSSR count). The first kappa shape index (κ1) is 26.2. The van der Waals surface area contributed by atoms with Gasteiger partial charge in [-0.25, -0.2) is 8.60 Å². The lowest BCUT2D eigenvalue weighted by atomic mass is 9.87. The summed E-state index contributed by atoms with van der Waals surface area (Å²) in [5, 5.41) is 4.96. The van der Waals surface area contributed by atoms with Crippen LogP contribution in [0.3, 0.4) is 0 Å². The van der Waals surface area contributed by atoms with E-state index < -0.39 is 45.4 Å². The number of hydrogen-bond acceptors (Lipinski definition) is 3. The number of carbonyl (C=O) groups is 2. The lowest BCUT2D eigenvalue weighted by Crippen LogP contribution is -2.45. The maximum atomic E-state index is 13.2. The Labute approximate surface area is 207 Å². The Kier molecular flexibility index (Phi) is 8.53. The zero-order chi connectivity index (χ0) is 25.6. The minimum absolute atomic E-state index is 0.242. The Morgan fingerprint density at radius 1 is 0.943 bits per heavy atom. The minimum Gasteiger partial charge on any atom is -0.340 e. The lowest BCUT2D eigenvalue weighted by Gasteiger charge is -2.28. The number of hydrogen-bond donors (Lipinski definition) is 3. The maximum Gasteiger partial charge on any atom is 0.251 e. The summed E-state index contributed by atoms with van der Waals surface area (Å²) < 4.78 is 34.9. The predicted octanol–water partition coefficient (Wildman–Crippen LogP) is 5.11. The van der Waals surface area contributed by atoms with Crippen LogP contribution >= 0.6 is 0 Å². The van der Waals surface area contributed by atoms with E-state index in [2.05, 4.69) is 10.6 Å². The van der Waals surface area contributed by atoms with Gasteiger partial charge in [-0.1, -0.05) is 63.2 Å². The number of rotatable bonds is 8. The molecule has 3 aromatic rings. The number of benzene rings is 3. The first-order chi connectivity index (χ1) is 16.5. The summed E-state index contributed by atoms with van der Waals surface area (Å²) in [6, 6.07) is 20.2. The van der Waals surface area contributed by atoms with Crippen LogP contribution in [0, 0.1) is 11.2 Å². The van der Waals surface area contributed by atoms with E-state index in [0.717, 1.165) is 5.56 Å². The molecule has 35 heavy (non-hydrogen) atoms. The molecule has 0 fully saturated rings. The summed E-state index contributed by atoms with van der Waals surface area (Å²) in [4.78, 5) is 25.9. The molecule has 0 saturated carbocycles. The lowest BCUT2D eigenvalue weighted by molar-refractivity contribution is -0.118. The number of anilines is 1. The van der Waals surface area contributed by atoms with Crippen LogP contribution in [0.15, 0.2) is 78.9 Å². The summed E-state index contributed by atoms with van der Waals surface area (Å²) >= 11 is -2.06. The molecule has 0 radical (unpaired) electrons. The fourth-order valence-electron chi connectivity index (χ4n) is 3.79. The zero-order valence-electron chi connectivity index (χ0n) is 19.8. The largest absolute Gasteiger partial charge is 0.340 e. The second-order valence-corrected chi connectivity index (χ2v) is 10.4. The van der Waals surface area contributed by atoms with Crippen molar-refractivity contribution in [2.24, 2.45) is 5.41 Å². The highest BCUT2D eigenvalue weighted by Crippen LogP contribution is 2.37. The van der Waals surface area contributed by atoms with Gasteiger partial charge in [-0.15, -0.1) is 0 Å². The fourth-order valence-corrected chi connectivity index (χ4v) is 4.79. The molecule has 0 aliphatic heterocycles. The van der Waals surface area contributed by atoms with Gasteiger partial charge in [0.2, 0.25) is 5.91 Å². The van der Waals surface area contributed by atoms with E-state index in [1.165, 1.54) is 24.3 Å². The number of nitrogens with one attached hydrogen (secondary N) is 2. The van der Waals surface area contributed by atoms with E-state index in [9.17, 15) is 22.7 Å². The molecule has 0 heterocycles. The molecule has 0 aliphatic carbocycles.